The van der Waals surface area contributed by atoms with E-state index < -0.39 is 33.6 Å². The second-order valence-electron chi connectivity index (χ2n) is 13.1. The predicted octanol–water partition coefficient (Wildman–Crippen LogP) is 8.14. The van der Waals surface area contributed by atoms with Crippen LogP contribution in [0.1, 0.15) is 33.4 Å². The number of amides is 2. The number of nitrogens with two attached hydrogens (primary N) is 1. The Morgan fingerprint density at radius 2 is 0.965 bits per heavy atom. The van der Waals surface area contributed by atoms with Gasteiger partial charge in [0.2, 0.25) is 5.91 Å². The van der Waals surface area contributed by atoms with E-state index in [-0.39, 0.29) is 12.5 Å². The first kappa shape index (κ1) is 40.6. The number of hydrogen-bond donors (Lipinski definition) is 3. The van der Waals surface area contributed by atoms with Crippen molar-refractivity contribution in [2.45, 2.75) is 21.6 Å². The minimum absolute atomic E-state index is 0.179. The summed E-state index contributed by atoms with van der Waals surface area (Å²) in [5.41, 5.74) is 12.9. The van der Waals surface area contributed by atoms with Gasteiger partial charge < -0.3 is 21.1 Å². The van der Waals surface area contributed by atoms with Crippen LogP contribution in [0.15, 0.2) is 182 Å². The lowest BCUT2D eigenvalue weighted by molar-refractivity contribution is -0.134. The average Bonchev–Trinajstić information content (AvgIpc) is 3.61. The molecular weight excluding hydrogens is 747 g/mol. The number of rotatable bonds is 14. The fourth-order valence-electron chi connectivity index (χ4n) is 6.81. The zero-order valence-electron chi connectivity index (χ0n) is 31.2. The molecule has 6 aromatic rings. The van der Waals surface area contributed by atoms with Crippen molar-refractivity contribution in [1.82, 2.24) is 10.6 Å². The van der Waals surface area contributed by atoms with E-state index >= 15 is 0 Å². The fraction of sp³-hybridized carbons (Fsp3) is 0.146. The Morgan fingerprint density at radius 3 is 1.26 bits per heavy atom. The van der Waals surface area contributed by atoms with Crippen molar-refractivity contribution < 1.29 is 19.1 Å². The van der Waals surface area contributed by atoms with E-state index in [1.807, 2.05) is 109 Å². The van der Waals surface area contributed by atoms with E-state index in [9.17, 15) is 14.4 Å². The summed E-state index contributed by atoms with van der Waals surface area (Å²) in [4.78, 5) is 35.7. The van der Waals surface area contributed by atoms with Gasteiger partial charge in [0.25, 0.3) is 0 Å². The second kappa shape index (κ2) is 19.7. The van der Waals surface area contributed by atoms with Crippen LogP contribution < -0.4 is 16.4 Å². The SMILES string of the molecule is C#CCNC(=O)[C@@H](N)CSC(c1ccccc1)(c1ccccc1)c1ccccc1.O=C1N[C@@H](CSC(c2ccccc2)(c2ccccc2)c2ccccc2)C(=O)O1. The number of ether oxygens (including phenoxy) is 1. The molecule has 6 aromatic carbocycles. The van der Waals surface area contributed by atoms with Crippen molar-refractivity contribution in [1.29, 1.82) is 0 Å². The normalized spacial score (nSPS) is 14.2. The zero-order valence-corrected chi connectivity index (χ0v) is 32.8. The smallest absolute Gasteiger partial charge is 0.375 e. The third kappa shape index (κ3) is 9.50. The van der Waals surface area contributed by atoms with Crippen LogP contribution in [0.5, 0.6) is 0 Å². The Morgan fingerprint density at radius 1 is 0.632 bits per heavy atom. The molecule has 0 aliphatic carbocycles. The van der Waals surface area contributed by atoms with Gasteiger partial charge in [-0.25, -0.2) is 9.59 Å². The molecule has 286 valence electrons. The van der Waals surface area contributed by atoms with Crippen LogP contribution in [-0.2, 0) is 23.8 Å². The number of cyclic esters (lactones) is 2. The molecule has 2 atom stereocenters. The average molecular weight is 790 g/mol. The van der Waals surface area contributed by atoms with Crippen LogP contribution in [0.4, 0.5) is 4.79 Å². The van der Waals surface area contributed by atoms with E-state index in [0.29, 0.717) is 11.5 Å². The number of benzene rings is 6. The highest BCUT2D eigenvalue weighted by Crippen LogP contribution is 2.50. The molecule has 2 amide bonds. The minimum atomic E-state index is -0.680. The highest BCUT2D eigenvalue weighted by molar-refractivity contribution is 8.01. The van der Waals surface area contributed by atoms with Crippen LogP contribution in [0.3, 0.4) is 0 Å². The Hall–Kier alpha value is -6.05. The topological polar surface area (TPSA) is 111 Å². The minimum Gasteiger partial charge on any atom is -0.375 e. The largest absolute Gasteiger partial charge is 0.415 e. The van der Waals surface area contributed by atoms with Crippen molar-refractivity contribution >= 4 is 41.5 Å². The number of carbonyl (C=O) groups excluding carboxylic acids is 3. The maximum atomic E-state index is 12.3. The Labute approximate surface area is 342 Å². The van der Waals surface area contributed by atoms with E-state index in [1.165, 1.54) is 0 Å². The number of nitrogens with one attached hydrogen (secondary N) is 2. The Balaban J connectivity index is 0.000000193. The van der Waals surface area contributed by atoms with Gasteiger partial charge in [-0.3, -0.25) is 4.79 Å². The van der Waals surface area contributed by atoms with Crippen LogP contribution in [0.2, 0.25) is 0 Å². The van der Waals surface area contributed by atoms with Gasteiger partial charge in [-0.1, -0.05) is 188 Å². The standard InChI is InChI=1S/C25H24N2OS.C23H19NO3S/c1-2-18-27-24(28)23(26)19-29-25(20-12-6-3-7-13-20,21-14-8-4-9-15-21)22-16-10-5-11-17-22;25-21-20(24-22(26)27-21)16-28-23(17-10-4-1-5-11-17,18-12-6-2-7-13-18)19-14-8-3-9-15-19/h1,3-17,23H,18-19,26H2,(H,27,28);1-15,20H,16H2,(H,24,26)/t23-;20-/m00/s1. The van der Waals surface area contributed by atoms with E-state index in [2.05, 4.69) is 94.1 Å². The molecule has 4 N–H and O–H groups in total. The molecule has 1 aliphatic heterocycles. The van der Waals surface area contributed by atoms with Gasteiger partial charge in [-0.15, -0.1) is 29.9 Å². The number of thioether (sulfide) groups is 2. The molecule has 0 spiro atoms. The van der Waals surface area contributed by atoms with Crippen molar-refractivity contribution in [3.8, 4) is 12.3 Å². The first-order chi connectivity index (χ1) is 27.9. The summed E-state index contributed by atoms with van der Waals surface area (Å²) in [7, 11) is 0. The molecular formula is C48H43N3O4S2. The summed E-state index contributed by atoms with van der Waals surface area (Å²) >= 11 is 3.28. The van der Waals surface area contributed by atoms with Gasteiger partial charge in [0, 0.05) is 11.5 Å². The first-order valence-corrected chi connectivity index (χ1v) is 20.5. The molecule has 1 heterocycles. The molecule has 1 aliphatic rings. The molecule has 9 heteroatoms. The van der Waals surface area contributed by atoms with Crippen LogP contribution >= 0.6 is 23.5 Å². The van der Waals surface area contributed by atoms with Crippen molar-refractivity contribution in [3.63, 3.8) is 0 Å². The highest BCUT2D eigenvalue weighted by atomic mass is 32.2. The molecule has 7 nitrogen and oxygen atoms in total. The van der Waals surface area contributed by atoms with Gasteiger partial charge in [0.15, 0.2) is 0 Å². The summed E-state index contributed by atoms with van der Waals surface area (Å²) < 4.78 is 3.63. The number of esters is 1. The number of alkyl carbamates (subject to hydrolysis) is 1. The van der Waals surface area contributed by atoms with Gasteiger partial charge >= 0.3 is 12.1 Å². The van der Waals surface area contributed by atoms with Crippen molar-refractivity contribution in [3.05, 3.63) is 215 Å². The second-order valence-corrected chi connectivity index (χ2v) is 15.6. The van der Waals surface area contributed by atoms with Gasteiger partial charge in [0.1, 0.15) is 6.04 Å². The van der Waals surface area contributed by atoms with E-state index in [4.69, 9.17) is 12.2 Å². The molecule has 0 saturated carbocycles. The third-order valence-electron chi connectivity index (χ3n) is 9.50. The summed E-state index contributed by atoms with van der Waals surface area (Å²) in [6, 6.07) is 60.3. The van der Waals surface area contributed by atoms with Crippen LogP contribution in [0, 0.1) is 12.3 Å². The molecule has 0 unspecified atom stereocenters. The highest BCUT2D eigenvalue weighted by Gasteiger charge is 2.41. The van der Waals surface area contributed by atoms with Crippen molar-refractivity contribution in [2.75, 3.05) is 18.1 Å². The molecule has 57 heavy (non-hydrogen) atoms. The maximum Gasteiger partial charge on any atom is 0.415 e. The Bertz CT molecular complexity index is 2050. The van der Waals surface area contributed by atoms with Crippen LogP contribution in [0.25, 0.3) is 0 Å². The summed E-state index contributed by atoms with van der Waals surface area (Å²) in [6.07, 6.45) is 4.56. The quantitative estimate of drug-likeness (QED) is 0.0443. The number of terminal acetylenes is 1. The molecule has 1 saturated heterocycles. The number of hydrogen-bond acceptors (Lipinski definition) is 7. The number of carbonyl (C=O) groups is 3. The lowest BCUT2D eigenvalue weighted by atomic mass is 9.84. The van der Waals surface area contributed by atoms with Crippen LogP contribution in [-0.4, -0.2) is 48.1 Å². The lowest BCUT2D eigenvalue weighted by Crippen LogP contribution is -2.43. The first-order valence-electron chi connectivity index (χ1n) is 18.5. The molecule has 0 bridgehead atoms. The summed E-state index contributed by atoms with van der Waals surface area (Å²) in [5, 5.41) is 5.27. The summed E-state index contributed by atoms with van der Waals surface area (Å²) in [6.45, 7) is 0.179. The Kier molecular flexibility index (Phi) is 14.0. The van der Waals surface area contributed by atoms with Gasteiger partial charge in [0.05, 0.1) is 22.1 Å². The molecule has 0 radical (unpaired) electrons. The third-order valence-corrected chi connectivity index (χ3v) is 12.8. The zero-order chi connectivity index (χ0) is 39.9. The van der Waals surface area contributed by atoms with E-state index in [1.54, 1.807) is 23.5 Å². The van der Waals surface area contributed by atoms with E-state index in [0.717, 1.165) is 33.4 Å². The van der Waals surface area contributed by atoms with Gasteiger partial charge in [-0.05, 0) is 33.4 Å². The van der Waals surface area contributed by atoms with Gasteiger partial charge in [-0.2, -0.15) is 0 Å². The molecule has 1 fully saturated rings. The fourth-order valence-corrected chi connectivity index (χ4v) is 9.84. The maximum absolute atomic E-state index is 12.3. The molecule has 0 aromatic heterocycles. The van der Waals surface area contributed by atoms with Crippen molar-refractivity contribution in [2.24, 2.45) is 5.73 Å². The summed E-state index contributed by atoms with van der Waals surface area (Å²) in [5.74, 6) is 2.48. The molecule has 7 rings (SSSR count). The monoisotopic (exact) mass is 789 g/mol. The lowest BCUT2D eigenvalue weighted by Gasteiger charge is -2.36. The predicted molar refractivity (Wildman–Crippen MR) is 232 cm³/mol.